The van der Waals surface area contributed by atoms with Crippen LogP contribution in [0.2, 0.25) is 58.9 Å². The van der Waals surface area contributed by atoms with Gasteiger partial charge in [-0.1, -0.05) is 168 Å². The van der Waals surface area contributed by atoms with E-state index in [1.807, 2.05) is 0 Å². The fourth-order valence-electron chi connectivity index (χ4n) is 9.46. The van der Waals surface area contributed by atoms with Crippen molar-refractivity contribution in [1.29, 1.82) is 0 Å². The Hall–Kier alpha value is -1.99. The molecule has 0 aromatic heterocycles. The van der Waals surface area contributed by atoms with E-state index < -0.39 is 32.3 Å². The molecule has 1 unspecified atom stereocenters. The van der Waals surface area contributed by atoms with Gasteiger partial charge in [0.25, 0.3) is 0 Å². The second-order valence-corrected chi connectivity index (χ2v) is 36.5. The average molecular weight is 681 g/mol. The zero-order chi connectivity index (χ0) is 35.1. The molecule has 0 bridgehead atoms. The number of rotatable bonds is 7. The molecule has 46 heavy (non-hydrogen) atoms. The van der Waals surface area contributed by atoms with Gasteiger partial charge in [0.15, 0.2) is 8.07 Å². The highest BCUT2D eigenvalue weighted by molar-refractivity contribution is 7.18. The number of hydrogen-bond acceptors (Lipinski definition) is 0. The molecule has 1 atom stereocenters. The summed E-state index contributed by atoms with van der Waals surface area (Å²) in [6.07, 6.45) is 0. The van der Waals surface area contributed by atoms with Crippen LogP contribution >= 0.6 is 0 Å². The lowest BCUT2D eigenvalue weighted by Crippen LogP contribution is -2.75. The van der Waals surface area contributed by atoms with Crippen LogP contribution in [-0.4, -0.2) is 32.3 Å². The highest BCUT2D eigenvalue weighted by Crippen LogP contribution is 2.43. The molecule has 0 N–H and O–H groups in total. The van der Waals surface area contributed by atoms with Crippen molar-refractivity contribution in [3.05, 3.63) is 91.7 Å². The molecule has 0 nitrogen and oxygen atoms in total. The Morgan fingerprint density at radius 3 is 0.913 bits per heavy atom. The highest BCUT2D eigenvalue weighted by Gasteiger charge is 2.53. The van der Waals surface area contributed by atoms with E-state index in [-0.39, 0.29) is 0 Å². The van der Waals surface area contributed by atoms with Crippen LogP contribution in [0, 0.1) is 47.5 Å². The second kappa shape index (κ2) is 12.2. The van der Waals surface area contributed by atoms with Crippen LogP contribution in [0.3, 0.4) is 0 Å². The van der Waals surface area contributed by atoms with E-state index in [2.05, 4.69) is 165 Å². The fourth-order valence-corrected chi connectivity index (χ4v) is 22.6. The van der Waals surface area contributed by atoms with E-state index in [4.69, 9.17) is 0 Å². The number of hydrogen-bond donors (Lipinski definition) is 0. The van der Waals surface area contributed by atoms with Crippen molar-refractivity contribution >= 4 is 63.4 Å². The minimum atomic E-state index is -2.89. The van der Waals surface area contributed by atoms with E-state index in [0.717, 1.165) is 0 Å². The fraction of sp³-hybridized carbons (Fsp3) is 0.476. The van der Waals surface area contributed by atoms with Gasteiger partial charge in [0, 0.05) is 0 Å². The Kier molecular flexibility index (Phi) is 9.74. The molecule has 1 aliphatic carbocycles. The first-order chi connectivity index (χ1) is 20.9. The zero-order valence-corrected chi connectivity index (χ0v) is 37.0. The quantitative estimate of drug-likeness (QED) is 0.174. The average Bonchev–Trinajstić information content (AvgIpc) is 3.08. The molecule has 0 radical (unpaired) electrons. The van der Waals surface area contributed by atoms with Gasteiger partial charge in [0.2, 0.25) is 0 Å². The van der Waals surface area contributed by atoms with Gasteiger partial charge < -0.3 is 0 Å². The van der Waals surface area contributed by atoms with Gasteiger partial charge in [-0.15, -0.1) is 0 Å². The summed E-state index contributed by atoms with van der Waals surface area (Å²) in [5, 5.41) is 11.7. The topological polar surface area (TPSA) is 0 Å². The van der Waals surface area contributed by atoms with Gasteiger partial charge in [0.1, 0.15) is 0 Å². The van der Waals surface area contributed by atoms with E-state index in [1.54, 1.807) is 64.2 Å². The minimum Gasteiger partial charge on any atom is -0.0656 e. The van der Waals surface area contributed by atoms with Crippen molar-refractivity contribution in [3.63, 3.8) is 0 Å². The van der Waals surface area contributed by atoms with Crippen LogP contribution in [-0.2, 0) is 0 Å². The Balaban J connectivity index is 2.54. The lowest BCUT2D eigenvalue weighted by Gasteiger charge is -2.46. The van der Waals surface area contributed by atoms with Gasteiger partial charge in [-0.25, -0.2) is 0 Å². The summed E-state index contributed by atoms with van der Waals surface area (Å²) in [7, 11) is -7.81. The summed E-state index contributed by atoms with van der Waals surface area (Å²) >= 11 is 0. The van der Waals surface area contributed by atoms with Gasteiger partial charge in [0.05, 0.1) is 24.2 Å². The van der Waals surface area contributed by atoms with Crippen LogP contribution in [0.1, 0.15) is 61.1 Å². The molecule has 4 heteroatoms. The first-order valence-electron chi connectivity index (χ1n) is 17.6. The Bertz CT molecular complexity index is 1610. The Labute approximate surface area is 287 Å². The van der Waals surface area contributed by atoms with E-state index in [9.17, 15) is 0 Å². The lowest BCUT2D eigenvalue weighted by molar-refractivity contribution is 0.851. The third-order valence-corrected chi connectivity index (χ3v) is 24.3. The van der Waals surface area contributed by atoms with Crippen molar-refractivity contribution in [1.82, 2.24) is 0 Å². The zero-order valence-electron chi connectivity index (χ0n) is 33.0. The number of allylic oxidation sites excluding steroid dienone is 4. The molecule has 0 spiro atoms. The Morgan fingerprint density at radius 2 is 0.696 bits per heavy atom. The molecule has 0 heterocycles. The molecule has 0 amide bonds. The lowest BCUT2D eigenvalue weighted by atomic mass is 10.1. The monoisotopic (exact) mass is 680 g/mol. The van der Waals surface area contributed by atoms with Gasteiger partial charge in [-0.2, -0.15) is 0 Å². The first kappa shape index (κ1) is 36.8. The summed E-state index contributed by atoms with van der Waals surface area (Å²) in [4.78, 5) is 0. The molecule has 0 saturated carbocycles. The summed E-state index contributed by atoms with van der Waals surface area (Å²) < 4.78 is 0. The SMILES string of the molecule is CC1=C(C)C(C)C([Si](c2c(C)ccc([Si](C)(C)C)c2C)(c2c(C)ccc([Si](C)(C)C)c2C)c2c(C)ccc([Si](C)(C)C)c2C)=C1C. The van der Waals surface area contributed by atoms with Crippen molar-refractivity contribution in [2.24, 2.45) is 5.92 Å². The standard InChI is InChI=1S/C42H64Si4/c1-26-20-23-36(43(11,12)13)33(8)39(26)46(42-31(6)29(4)30(5)32(42)7,40-27(2)21-24-37(34(40)9)44(14,15)16)41-28(3)22-25-38(35(41)10)45(17,18)19/h20-25,31H,1-19H3. The predicted octanol–water partition coefficient (Wildman–Crippen LogP) is 8.48. The van der Waals surface area contributed by atoms with Gasteiger partial charge >= 0.3 is 0 Å². The molecule has 0 saturated heterocycles. The van der Waals surface area contributed by atoms with Gasteiger partial charge in [-0.05, 0) is 89.4 Å². The minimum absolute atomic E-state index is 0.407. The predicted molar refractivity (Wildman–Crippen MR) is 222 cm³/mol. The maximum Gasteiger partial charge on any atom is 0.178 e. The van der Waals surface area contributed by atoms with Crippen LogP contribution in [0.4, 0.5) is 0 Å². The van der Waals surface area contributed by atoms with Crippen LogP contribution < -0.4 is 31.1 Å². The third-order valence-electron chi connectivity index (χ3n) is 11.6. The van der Waals surface area contributed by atoms with Crippen LogP contribution in [0.25, 0.3) is 0 Å². The first-order valence-corrected chi connectivity index (χ1v) is 30.1. The largest absolute Gasteiger partial charge is 0.178 e. The highest BCUT2D eigenvalue weighted by atomic mass is 28.3. The van der Waals surface area contributed by atoms with E-state index in [0.29, 0.717) is 5.92 Å². The molecule has 1 aliphatic rings. The molecule has 0 aliphatic heterocycles. The summed E-state index contributed by atoms with van der Waals surface area (Å²) in [6.45, 7) is 47.6. The maximum atomic E-state index is 2.54. The molecule has 4 rings (SSSR count). The smallest absolute Gasteiger partial charge is 0.0656 e. The Morgan fingerprint density at radius 1 is 0.413 bits per heavy atom. The van der Waals surface area contributed by atoms with E-state index >= 15 is 0 Å². The summed E-state index contributed by atoms with van der Waals surface area (Å²) in [5.41, 5.74) is 13.8. The molecule has 3 aromatic rings. The van der Waals surface area contributed by atoms with Crippen LogP contribution in [0.5, 0.6) is 0 Å². The maximum absolute atomic E-state index is 2.89. The normalized spacial score (nSPS) is 16.6. The van der Waals surface area contributed by atoms with Crippen molar-refractivity contribution in [3.8, 4) is 0 Å². The molecule has 248 valence electrons. The third kappa shape index (κ3) is 5.73. The van der Waals surface area contributed by atoms with Crippen LogP contribution in [0.15, 0.2) is 58.3 Å². The van der Waals surface area contributed by atoms with Gasteiger partial charge in [-0.3, -0.25) is 0 Å². The van der Waals surface area contributed by atoms with Crippen molar-refractivity contribution in [2.75, 3.05) is 0 Å². The summed E-state index contributed by atoms with van der Waals surface area (Å²) in [5.74, 6) is 0.407. The second-order valence-electron chi connectivity index (χ2n) is 17.9. The van der Waals surface area contributed by atoms with Crippen molar-refractivity contribution < 1.29 is 0 Å². The molecular formula is C42H64Si4. The molecule has 0 fully saturated rings. The van der Waals surface area contributed by atoms with Crippen molar-refractivity contribution in [2.45, 2.75) is 128 Å². The summed E-state index contributed by atoms with van der Waals surface area (Å²) in [6, 6.07) is 15.1. The number of benzene rings is 3. The number of aryl methyl sites for hydroxylation is 3. The molecule has 3 aromatic carbocycles. The van der Waals surface area contributed by atoms with E-state index in [1.165, 1.54) is 22.3 Å². The molecular weight excluding hydrogens is 617 g/mol.